The fourth-order valence-electron chi connectivity index (χ4n) is 3.15. The minimum atomic E-state index is 0.394. The monoisotopic (exact) mass is 216 g/mol. The van der Waals surface area contributed by atoms with Gasteiger partial charge in [0.25, 0.3) is 0 Å². The predicted octanol–water partition coefficient (Wildman–Crippen LogP) is 4.73. The van der Waals surface area contributed by atoms with Gasteiger partial charge in [-0.2, -0.15) is 0 Å². The van der Waals surface area contributed by atoms with Crippen molar-refractivity contribution in [2.75, 3.05) is 0 Å². The Balaban J connectivity index is 2.58. The van der Waals surface area contributed by atoms with Gasteiger partial charge in [0.05, 0.1) is 0 Å². The average Bonchev–Trinajstić information content (AvgIpc) is 2.53. The Labute approximate surface area is 100 Å². The van der Waals surface area contributed by atoms with E-state index in [9.17, 15) is 0 Å². The average molecular weight is 216 g/mol. The van der Waals surface area contributed by atoms with Crippen molar-refractivity contribution in [3.05, 3.63) is 34.4 Å². The summed E-state index contributed by atoms with van der Waals surface area (Å²) in [6.07, 6.45) is 3.84. The van der Waals surface area contributed by atoms with Crippen LogP contribution in [-0.2, 0) is 11.8 Å². The number of hydrogen-bond donors (Lipinski definition) is 0. The van der Waals surface area contributed by atoms with E-state index in [1.54, 1.807) is 16.7 Å². The van der Waals surface area contributed by atoms with E-state index in [1.165, 1.54) is 24.8 Å². The number of fused-ring (bicyclic) bond motifs is 1. The van der Waals surface area contributed by atoms with E-state index < -0.39 is 0 Å². The Morgan fingerprint density at radius 3 is 2.62 bits per heavy atom. The van der Waals surface area contributed by atoms with E-state index >= 15 is 0 Å². The van der Waals surface area contributed by atoms with E-state index in [2.05, 4.69) is 46.8 Å². The van der Waals surface area contributed by atoms with Gasteiger partial charge >= 0.3 is 0 Å². The molecule has 0 saturated carbocycles. The predicted molar refractivity (Wildman–Crippen MR) is 71.2 cm³/mol. The summed E-state index contributed by atoms with van der Waals surface area (Å²) in [7, 11) is 0. The third-order valence-corrected chi connectivity index (χ3v) is 4.41. The maximum atomic E-state index is 2.38. The van der Waals surface area contributed by atoms with Crippen LogP contribution in [0, 0.1) is 6.92 Å². The van der Waals surface area contributed by atoms with E-state index in [4.69, 9.17) is 0 Å². The summed E-state index contributed by atoms with van der Waals surface area (Å²) >= 11 is 0. The molecule has 88 valence electrons. The molecule has 0 bridgehead atoms. The van der Waals surface area contributed by atoms with E-state index in [-0.39, 0.29) is 0 Å². The van der Waals surface area contributed by atoms with E-state index in [0.29, 0.717) is 11.3 Å². The zero-order valence-corrected chi connectivity index (χ0v) is 11.4. The van der Waals surface area contributed by atoms with Crippen LogP contribution in [0.25, 0.3) is 0 Å². The summed E-state index contributed by atoms with van der Waals surface area (Å²) in [5.74, 6) is 0.712. The van der Waals surface area contributed by atoms with Crippen LogP contribution in [0.4, 0.5) is 0 Å². The molecule has 0 aromatic heterocycles. The maximum absolute atomic E-state index is 2.38. The summed E-state index contributed by atoms with van der Waals surface area (Å²) in [6, 6.07) is 4.69. The van der Waals surface area contributed by atoms with Gasteiger partial charge in [0.2, 0.25) is 0 Å². The minimum absolute atomic E-state index is 0.394. The molecular formula is C16H24. The fraction of sp³-hybridized carbons (Fsp3) is 0.625. The molecule has 0 radical (unpaired) electrons. The standard InChI is InChI=1S/C16H24/c1-6-11(2)15-12(3)7-8-14-13(15)9-10-16(14,4)5/h7-8,11H,6,9-10H2,1-5H3. The molecule has 2 rings (SSSR count). The van der Waals surface area contributed by atoms with Crippen LogP contribution < -0.4 is 0 Å². The van der Waals surface area contributed by atoms with E-state index in [1.807, 2.05) is 0 Å². The smallest absolute Gasteiger partial charge is 0.00976 e. The van der Waals surface area contributed by atoms with Crippen molar-refractivity contribution < 1.29 is 0 Å². The normalized spacial score (nSPS) is 19.6. The molecule has 0 N–H and O–H groups in total. The lowest BCUT2D eigenvalue weighted by Crippen LogP contribution is -2.12. The van der Waals surface area contributed by atoms with Crippen LogP contribution in [-0.4, -0.2) is 0 Å². The topological polar surface area (TPSA) is 0 Å². The highest BCUT2D eigenvalue weighted by molar-refractivity contribution is 5.48. The summed E-state index contributed by atoms with van der Waals surface area (Å²) in [4.78, 5) is 0. The molecule has 0 nitrogen and oxygen atoms in total. The second-order valence-electron chi connectivity index (χ2n) is 6.02. The van der Waals surface area contributed by atoms with Crippen molar-refractivity contribution in [1.29, 1.82) is 0 Å². The van der Waals surface area contributed by atoms with Crippen LogP contribution >= 0.6 is 0 Å². The Hall–Kier alpha value is -0.780. The van der Waals surface area contributed by atoms with Crippen LogP contribution in [0.15, 0.2) is 12.1 Å². The molecular weight excluding hydrogens is 192 g/mol. The van der Waals surface area contributed by atoms with Crippen molar-refractivity contribution in [2.24, 2.45) is 0 Å². The summed E-state index contributed by atoms with van der Waals surface area (Å²) < 4.78 is 0. The Bertz CT molecular complexity index is 399. The van der Waals surface area contributed by atoms with Gasteiger partial charge in [-0.15, -0.1) is 0 Å². The second-order valence-corrected chi connectivity index (χ2v) is 6.02. The molecule has 16 heavy (non-hydrogen) atoms. The number of benzene rings is 1. The number of hydrogen-bond acceptors (Lipinski definition) is 0. The molecule has 1 unspecified atom stereocenters. The molecule has 0 spiro atoms. The highest BCUT2D eigenvalue weighted by Gasteiger charge is 2.32. The molecule has 1 aromatic rings. The summed E-state index contributed by atoms with van der Waals surface area (Å²) in [6.45, 7) is 11.7. The highest BCUT2D eigenvalue weighted by atomic mass is 14.4. The van der Waals surface area contributed by atoms with Crippen molar-refractivity contribution in [2.45, 2.75) is 65.2 Å². The van der Waals surface area contributed by atoms with Gasteiger partial charge in [0.15, 0.2) is 0 Å². The number of aryl methyl sites for hydroxylation is 1. The molecule has 0 amide bonds. The van der Waals surface area contributed by atoms with Gasteiger partial charge in [0, 0.05) is 0 Å². The van der Waals surface area contributed by atoms with Crippen molar-refractivity contribution >= 4 is 0 Å². The van der Waals surface area contributed by atoms with E-state index in [0.717, 1.165) is 0 Å². The molecule has 0 aliphatic heterocycles. The largest absolute Gasteiger partial charge is 0.0648 e. The third-order valence-electron chi connectivity index (χ3n) is 4.41. The van der Waals surface area contributed by atoms with Gasteiger partial charge in [-0.1, -0.05) is 39.8 Å². The van der Waals surface area contributed by atoms with Gasteiger partial charge in [-0.25, -0.2) is 0 Å². The van der Waals surface area contributed by atoms with Crippen LogP contribution in [0.2, 0.25) is 0 Å². The Kier molecular flexibility index (Phi) is 2.86. The molecule has 1 atom stereocenters. The summed E-state index contributed by atoms with van der Waals surface area (Å²) in [5.41, 5.74) is 6.80. The SMILES string of the molecule is CCC(C)c1c(C)ccc2c1CCC2(C)C. The Morgan fingerprint density at radius 1 is 1.31 bits per heavy atom. The van der Waals surface area contributed by atoms with Crippen LogP contribution in [0.3, 0.4) is 0 Å². The van der Waals surface area contributed by atoms with Crippen LogP contribution in [0.1, 0.15) is 68.7 Å². The van der Waals surface area contributed by atoms with Gasteiger partial charge in [-0.05, 0) is 59.8 Å². The molecule has 0 heteroatoms. The molecule has 1 aromatic carbocycles. The van der Waals surface area contributed by atoms with Crippen molar-refractivity contribution in [1.82, 2.24) is 0 Å². The fourth-order valence-corrected chi connectivity index (χ4v) is 3.15. The quantitative estimate of drug-likeness (QED) is 0.670. The van der Waals surface area contributed by atoms with Crippen molar-refractivity contribution in [3.63, 3.8) is 0 Å². The zero-order chi connectivity index (χ0) is 11.9. The lowest BCUT2D eigenvalue weighted by atomic mass is 9.83. The van der Waals surface area contributed by atoms with Crippen molar-refractivity contribution in [3.8, 4) is 0 Å². The zero-order valence-electron chi connectivity index (χ0n) is 11.4. The van der Waals surface area contributed by atoms with Gasteiger partial charge < -0.3 is 0 Å². The molecule has 0 fully saturated rings. The van der Waals surface area contributed by atoms with Gasteiger partial charge in [-0.3, -0.25) is 0 Å². The lowest BCUT2D eigenvalue weighted by Gasteiger charge is -2.22. The minimum Gasteiger partial charge on any atom is -0.0648 e. The van der Waals surface area contributed by atoms with Crippen LogP contribution in [0.5, 0.6) is 0 Å². The molecule has 0 heterocycles. The first kappa shape index (κ1) is 11.7. The lowest BCUT2D eigenvalue weighted by molar-refractivity contribution is 0.522. The first-order valence-electron chi connectivity index (χ1n) is 6.60. The molecule has 1 aliphatic carbocycles. The Morgan fingerprint density at radius 2 is 2.00 bits per heavy atom. The molecule has 1 aliphatic rings. The number of rotatable bonds is 2. The molecule has 0 saturated heterocycles. The highest BCUT2D eigenvalue weighted by Crippen LogP contribution is 2.42. The third kappa shape index (κ3) is 1.69. The second kappa shape index (κ2) is 3.91. The summed E-state index contributed by atoms with van der Waals surface area (Å²) in [5, 5.41) is 0. The first-order valence-corrected chi connectivity index (χ1v) is 6.60. The first-order chi connectivity index (χ1) is 7.47. The van der Waals surface area contributed by atoms with Gasteiger partial charge in [0.1, 0.15) is 0 Å². The maximum Gasteiger partial charge on any atom is -0.00976 e.